The van der Waals surface area contributed by atoms with E-state index in [1.54, 1.807) is 0 Å². The number of amidine groups is 1. The van der Waals surface area contributed by atoms with Crippen LogP contribution in [0.1, 0.15) is 11.1 Å². The number of alkyl halides is 3. The fourth-order valence-electron chi connectivity index (χ4n) is 2.32. The van der Waals surface area contributed by atoms with E-state index < -0.39 is 11.7 Å². The molecule has 0 fully saturated rings. The second-order valence-electron chi connectivity index (χ2n) is 5.37. The first-order chi connectivity index (χ1) is 12.9. The van der Waals surface area contributed by atoms with Gasteiger partial charge in [0.1, 0.15) is 5.75 Å². The second-order valence-corrected chi connectivity index (χ2v) is 5.37. The van der Waals surface area contributed by atoms with E-state index in [2.05, 4.69) is 25.6 Å². The van der Waals surface area contributed by atoms with Crippen molar-refractivity contribution < 1.29 is 22.6 Å². The number of halogens is 3. The van der Waals surface area contributed by atoms with Crippen molar-refractivity contribution in [2.24, 2.45) is 15.9 Å². The predicted octanol–water partition coefficient (Wildman–Crippen LogP) is 1.94. The number of aliphatic imine (C=N–C) groups is 1. The number of nitrogens with zero attached hydrogens (tertiary/aromatic N) is 3. The average Bonchev–Trinajstić information content (AvgIpc) is 2.68. The maximum Gasteiger partial charge on any atom is 0.416 e. The van der Waals surface area contributed by atoms with Gasteiger partial charge in [0.25, 0.3) is 6.02 Å². The van der Waals surface area contributed by atoms with Crippen LogP contribution < -0.4 is 21.4 Å². The standard InChI is InChI=1S/C16H15F3N6O2/c1-26-15-21-7-9(8-22-15)11-3-2-10(16(17,18)19)6-12(11)27-14-5-4-13(23-20)24-25-14/h2-7H,8,20H2,1H3,(H,21,22)(H,23,24). The Morgan fingerprint density at radius 2 is 2.04 bits per heavy atom. The molecule has 142 valence electrons. The molecule has 0 bridgehead atoms. The summed E-state index contributed by atoms with van der Waals surface area (Å²) in [5.41, 5.74) is 0.498. The zero-order chi connectivity index (χ0) is 19.4. The molecular formula is C16H15F3N6O2. The zero-order valence-corrected chi connectivity index (χ0v) is 14.0. The molecule has 0 unspecified atom stereocenters. The molecule has 3 rings (SSSR count). The lowest BCUT2D eigenvalue weighted by molar-refractivity contribution is -0.137. The van der Waals surface area contributed by atoms with Crippen molar-refractivity contribution in [2.75, 3.05) is 13.7 Å². The second kappa shape index (κ2) is 7.40. The fraction of sp³-hybridized carbons (Fsp3) is 0.188. The lowest BCUT2D eigenvalue weighted by atomic mass is 10.0. The molecular weight excluding hydrogens is 365 g/mol. The van der Waals surface area contributed by atoms with Gasteiger partial charge in [0.15, 0.2) is 5.49 Å². The largest absolute Gasteiger partial charge is 0.468 e. The topological polar surface area (TPSA) is 110 Å². The van der Waals surface area contributed by atoms with Crippen LogP contribution in [0.5, 0.6) is 11.6 Å². The number of hydrogen-bond acceptors (Lipinski definition) is 7. The molecule has 1 aliphatic heterocycles. The van der Waals surface area contributed by atoms with E-state index in [9.17, 15) is 13.2 Å². The third-order valence-corrected chi connectivity index (χ3v) is 3.63. The van der Waals surface area contributed by atoms with Crippen molar-refractivity contribution in [2.45, 2.75) is 6.18 Å². The summed E-state index contributed by atoms with van der Waals surface area (Å²) in [6.45, 7) is 0.305. The van der Waals surface area contributed by atoms with E-state index in [4.69, 9.17) is 15.3 Å². The van der Waals surface area contributed by atoms with E-state index in [1.807, 2.05) is 0 Å². The molecule has 1 aromatic carbocycles. The van der Waals surface area contributed by atoms with Gasteiger partial charge in [-0.2, -0.15) is 18.3 Å². The van der Waals surface area contributed by atoms with Crippen LogP contribution in [-0.2, 0) is 10.9 Å². The highest BCUT2D eigenvalue weighted by atomic mass is 19.4. The van der Waals surface area contributed by atoms with Crippen LogP contribution >= 0.6 is 0 Å². The predicted molar refractivity (Wildman–Crippen MR) is 90.3 cm³/mol. The van der Waals surface area contributed by atoms with Gasteiger partial charge in [-0.3, -0.25) is 5.10 Å². The summed E-state index contributed by atoms with van der Waals surface area (Å²) in [6, 6.07) is 6.44. The van der Waals surface area contributed by atoms with Crippen LogP contribution in [0.25, 0.3) is 5.57 Å². The number of ether oxygens (including phenoxy) is 2. The molecule has 2 aromatic rings. The number of hydrogen-bond donors (Lipinski definition) is 3. The number of nitrogens with one attached hydrogen (secondary N) is 2. The molecule has 27 heavy (non-hydrogen) atoms. The van der Waals surface area contributed by atoms with Gasteiger partial charge in [-0.15, -0.1) is 5.10 Å². The van der Waals surface area contributed by atoms with Crippen molar-refractivity contribution in [3.8, 4) is 11.6 Å². The quantitative estimate of drug-likeness (QED) is 0.557. The summed E-state index contributed by atoms with van der Waals surface area (Å²) in [5, 5.41) is 12.7. The van der Waals surface area contributed by atoms with Crippen LogP contribution in [0.2, 0.25) is 0 Å². The molecule has 4 N–H and O–H groups in total. The minimum atomic E-state index is -4.51. The Balaban J connectivity index is 2.02. The lowest BCUT2D eigenvalue weighted by Gasteiger charge is -2.18. The molecule has 0 aliphatic carbocycles. The Morgan fingerprint density at radius 1 is 1.22 bits per heavy atom. The Morgan fingerprint density at radius 3 is 2.59 bits per heavy atom. The van der Waals surface area contributed by atoms with Crippen molar-refractivity contribution in [3.63, 3.8) is 0 Å². The van der Waals surface area contributed by atoms with Crippen LogP contribution in [0.15, 0.2) is 46.6 Å². The van der Waals surface area contributed by atoms with Crippen molar-refractivity contribution in [1.82, 2.24) is 15.5 Å². The van der Waals surface area contributed by atoms with E-state index in [0.717, 1.165) is 12.1 Å². The van der Waals surface area contributed by atoms with Crippen LogP contribution in [0.3, 0.4) is 0 Å². The van der Waals surface area contributed by atoms with Crippen LogP contribution in [-0.4, -0.2) is 29.9 Å². The van der Waals surface area contributed by atoms with Crippen molar-refractivity contribution in [3.05, 3.63) is 53.1 Å². The monoisotopic (exact) mass is 380 g/mol. The molecule has 0 amide bonds. The summed E-state index contributed by atoms with van der Waals surface area (Å²) in [7, 11) is 1.46. The summed E-state index contributed by atoms with van der Waals surface area (Å²) in [5.74, 6) is 5.14. The first kappa shape index (κ1) is 18.3. The highest BCUT2D eigenvalue weighted by Gasteiger charge is 2.32. The van der Waals surface area contributed by atoms with Gasteiger partial charge in [-0.25, -0.2) is 4.99 Å². The van der Waals surface area contributed by atoms with Gasteiger partial charge in [-0.1, -0.05) is 6.07 Å². The minimum Gasteiger partial charge on any atom is -0.468 e. The Labute approximate surface area is 151 Å². The number of methoxy groups -OCH3 is 1. The lowest BCUT2D eigenvalue weighted by Crippen LogP contribution is -2.29. The van der Waals surface area contributed by atoms with E-state index in [1.165, 1.54) is 31.5 Å². The van der Waals surface area contributed by atoms with Gasteiger partial charge in [0, 0.05) is 29.9 Å². The Hall–Kier alpha value is -3.50. The summed E-state index contributed by atoms with van der Waals surface area (Å²) < 4.78 is 49.9. The Kier molecular flexibility index (Phi) is 5.01. The van der Waals surface area contributed by atoms with E-state index >= 15 is 0 Å². The van der Waals surface area contributed by atoms with Gasteiger partial charge in [0.05, 0.1) is 12.7 Å². The first-order valence-corrected chi connectivity index (χ1v) is 7.64. The zero-order valence-electron chi connectivity index (χ0n) is 14.0. The minimum absolute atomic E-state index is 0.0210. The number of benzene rings is 1. The fourth-order valence-corrected chi connectivity index (χ4v) is 2.32. The van der Waals surface area contributed by atoms with Gasteiger partial charge in [-0.05, 0) is 18.2 Å². The number of H-pyrrole nitrogens is 1. The SMILES string of the molecule is COC1=NC=C(c2ccc(C(F)(F)F)cc2Oc2cc/c(=N/N)[nH]n2)CN1. The Bertz CT molecular complexity index is 945. The van der Waals surface area contributed by atoms with Gasteiger partial charge >= 0.3 is 6.18 Å². The molecule has 11 heteroatoms. The van der Waals surface area contributed by atoms with Crippen molar-refractivity contribution in [1.29, 1.82) is 0 Å². The molecule has 0 saturated carbocycles. The summed E-state index contributed by atoms with van der Waals surface area (Å²) in [4.78, 5) is 4.04. The molecule has 0 spiro atoms. The van der Waals surface area contributed by atoms with E-state index in [-0.39, 0.29) is 17.1 Å². The van der Waals surface area contributed by atoms with Crippen molar-refractivity contribution >= 4 is 11.6 Å². The number of nitrogens with two attached hydrogens (primary N) is 1. The summed E-state index contributed by atoms with van der Waals surface area (Å²) in [6.07, 6.45) is -3.01. The third kappa shape index (κ3) is 4.19. The average molecular weight is 380 g/mol. The highest BCUT2D eigenvalue weighted by molar-refractivity contribution is 5.83. The smallest absolute Gasteiger partial charge is 0.416 e. The third-order valence-electron chi connectivity index (χ3n) is 3.63. The van der Waals surface area contributed by atoms with Gasteiger partial charge < -0.3 is 20.6 Å². The van der Waals surface area contributed by atoms with Crippen LogP contribution in [0, 0.1) is 0 Å². The van der Waals surface area contributed by atoms with Gasteiger partial charge in [0.2, 0.25) is 5.88 Å². The number of rotatable bonds is 3. The molecule has 0 radical (unpaired) electrons. The number of aromatic nitrogens is 2. The highest BCUT2D eigenvalue weighted by Crippen LogP contribution is 2.37. The molecule has 0 atom stereocenters. The summed E-state index contributed by atoms with van der Waals surface area (Å²) >= 11 is 0. The number of aromatic amines is 1. The van der Waals surface area contributed by atoms with E-state index in [0.29, 0.717) is 23.7 Å². The molecule has 0 saturated heterocycles. The molecule has 1 aromatic heterocycles. The maximum absolute atomic E-state index is 13.1. The molecule has 1 aliphatic rings. The molecule has 2 heterocycles. The maximum atomic E-state index is 13.1. The first-order valence-electron chi connectivity index (χ1n) is 7.64. The molecule has 8 nitrogen and oxygen atoms in total. The normalized spacial score (nSPS) is 14.9. The van der Waals surface area contributed by atoms with Crippen LogP contribution in [0.4, 0.5) is 13.2 Å².